The second-order valence-electron chi connectivity index (χ2n) is 6.09. The molecule has 0 unspecified atom stereocenters. The molecule has 1 aromatic heterocycles. The van der Waals surface area contributed by atoms with Gasteiger partial charge in [-0.15, -0.1) is 5.10 Å². The molecule has 0 saturated heterocycles. The van der Waals surface area contributed by atoms with Gasteiger partial charge in [0.05, 0.1) is 18.0 Å². The highest BCUT2D eigenvalue weighted by atomic mass is 16.3. The van der Waals surface area contributed by atoms with Crippen molar-refractivity contribution < 1.29 is 5.11 Å². The standard InChI is InChI=1S/C17H23N3O/c1-12-8-9-15(10-13(12)2)20-17(16(11-21)18-19-20)14-6-4-3-5-7-14/h8-10,14,21H,3-7,11H2,1-2H3. The molecule has 2 aromatic rings. The van der Waals surface area contributed by atoms with Gasteiger partial charge in [0.2, 0.25) is 0 Å². The first kappa shape index (κ1) is 14.3. The van der Waals surface area contributed by atoms with E-state index in [1.807, 2.05) is 4.68 Å². The highest BCUT2D eigenvalue weighted by molar-refractivity contribution is 5.41. The molecule has 0 aliphatic heterocycles. The van der Waals surface area contributed by atoms with E-state index >= 15 is 0 Å². The summed E-state index contributed by atoms with van der Waals surface area (Å²) in [6.07, 6.45) is 6.17. The van der Waals surface area contributed by atoms with E-state index < -0.39 is 0 Å². The van der Waals surface area contributed by atoms with Crippen LogP contribution < -0.4 is 0 Å². The van der Waals surface area contributed by atoms with E-state index in [1.165, 1.54) is 43.2 Å². The number of aryl methyl sites for hydroxylation is 2. The van der Waals surface area contributed by atoms with Crippen molar-refractivity contribution in [3.63, 3.8) is 0 Å². The Labute approximate surface area is 125 Å². The fraction of sp³-hybridized carbons (Fsp3) is 0.529. The third-order valence-corrected chi connectivity index (χ3v) is 4.66. The van der Waals surface area contributed by atoms with Crippen LogP contribution in [0.3, 0.4) is 0 Å². The van der Waals surface area contributed by atoms with Gasteiger partial charge in [-0.05, 0) is 49.9 Å². The van der Waals surface area contributed by atoms with E-state index in [4.69, 9.17) is 0 Å². The zero-order valence-corrected chi connectivity index (χ0v) is 12.8. The molecule has 1 aromatic carbocycles. The minimum Gasteiger partial charge on any atom is -0.390 e. The average Bonchev–Trinajstić information content (AvgIpc) is 2.95. The Morgan fingerprint density at radius 3 is 2.57 bits per heavy atom. The van der Waals surface area contributed by atoms with Crippen molar-refractivity contribution in [2.75, 3.05) is 0 Å². The molecule has 1 aliphatic carbocycles. The van der Waals surface area contributed by atoms with Crippen LogP contribution in [-0.4, -0.2) is 20.1 Å². The molecule has 21 heavy (non-hydrogen) atoms. The number of rotatable bonds is 3. The SMILES string of the molecule is Cc1ccc(-n2nnc(CO)c2C2CCCCC2)cc1C. The van der Waals surface area contributed by atoms with Gasteiger partial charge in [0.15, 0.2) is 0 Å². The quantitative estimate of drug-likeness (QED) is 0.940. The van der Waals surface area contributed by atoms with Gasteiger partial charge in [0.1, 0.15) is 5.69 Å². The van der Waals surface area contributed by atoms with Crippen LogP contribution in [0.25, 0.3) is 5.69 Å². The molecule has 3 rings (SSSR count). The number of aliphatic hydroxyl groups excluding tert-OH is 1. The van der Waals surface area contributed by atoms with E-state index in [9.17, 15) is 5.11 Å². The van der Waals surface area contributed by atoms with Crippen molar-refractivity contribution in [1.82, 2.24) is 15.0 Å². The van der Waals surface area contributed by atoms with E-state index in [1.54, 1.807) is 0 Å². The van der Waals surface area contributed by atoms with Crippen LogP contribution in [0.5, 0.6) is 0 Å². The maximum absolute atomic E-state index is 9.59. The van der Waals surface area contributed by atoms with Crippen LogP contribution in [0, 0.1) is 13.8 Å². The molecule has 0 atom stereocenters. The first-order valence-electron chi connectivity index (χ1n) is 7.83. The monoisotopic (exact) mass is 285 g/mol. The lowest BCUT2D eigenvalue weighted by Crippen LogP contribution is -2.13. The van der Waals surface area contributed by atoms with Crippen LogP contribution in [0.15, 0.2) is 18.2 Å². The van der Waals surface area contributed by atoms with Crippen molar-refractivity contribution in [2.45, 2.75) is 58.5 Å². The first-order valence-corrected chi connectivity index (χ1v) is 7.83. The highest BCUT2D eigenvalue weighted by Gasteiger charge is 2.24. The number of nitrogens with zero attached hydrogens (tertiary/aromatic N) is 3. The van der Waals surface area contributed by atoms with Crippen molar-refractivity contribution in [3.05, 3.63) is 40.7 Å². The summed E-state index contributed by atoms with van der Waals surface area (Å²) in [5.74, 6) is 0.470. The Bertz CT molecular complexity index is 627. The summed E-state index contributed by atoms with van der Waals surface area (Å²) < 4.78 is 1.94. The Balaban J connectivity index is 2.05. The predicted molar refractivity (Wildman–Crippen MR) is 82.6 cm³/mol. The summed E-state index contributed by atoms with van der Waals surface area (Å²) in [6.45, 7) is 4.20. The van der Waals surface area contributed by atoms with Crippen molar-refractivity contribution in [1.29, 1.82) is 0 Å². The zero-order valence-electron chi connectivity index (χ0n) is 12.8. The number of aliphatic hydroxyl groups is 1. The Morgan fingerprint density at radius 2 is 1.90 bits per heavy atom. The van der Waals surface area contributed by atoms with Crippen LogP contribution in [-0.2, 0) is 6.61 Å². The fourth-order valence-corrected chi connectivity index (χ4v) is 3.27. The number of hydrogen-bond acceptors (Lipinski definition) is 3. The van der Waals surface area contributed by atoms with E-state index in [0.717, 1.165) is 17.1 Å². The molecular formula is C17H23N3O. The molecule has 1 heterocycles. The van der Waals surface area contributed by atoms with Crippen LogP contribution in [0.1, 0.15) is 60.5 Å². The summed E-state index contributed by atoms with van der Waals surface area (Å²) >= 11 is 0. The van der Waals surface area contributed by atoms with Crippen LogP contribution >= 0.6 is 0 Å². The molecule has 0 spiro atoms. The maximum Gasteiger partial charge on any atom is 0.112 e. The van der Waals surface area contributed by atoms with Crippen molar-refractivity contribution in [2.24, 2.45) is 0 Å². The predicted octanol–water partition coefficient (Wildman–Crippen LogP) is 3.42. The second kappa shape index (κ2) is 5.98. The lowest BCUT2D eigenvalue weighted by atomic mass is 9.86. The number of benzene rings is 1. The second-order valence-corrected chi connectivity index (χ2v) is 6.09. The molecule has 1 aliphatic rings. The van der Waals surface area contributed by atoms with Crippen LogP contribution in [0.2, 0.25) is 0 Å². The molecule has 0 amide bonds. The Morgan fingerprint density at radius 1 is 1.14 bits per heavy atom. The number of hydrogen-bond donors (Lipinski definition) is 1. The minimum absolute atomic E-state index is 0.0311. The third kappa shape index (κ3) is 2.72. The lowest BCUT2D eigenvalue weighted by Gasteiger charge is -2.23. The molecule has 4 heteroatoms. The van der Waals surface area contributed by atoms with E-state index in [0.29, 0.717) is 5.92 Å². The van der Waals surface area contributed by atoms with Gasteiger partial charge >= 0.3 is 0 Å². The summed E-state index contributed by atoms with van der Waals surface area (Å²) in [6, 6.07) is 6.36. The molecule has 1 fully saturated rings. The third-order valence-electron chi connectivity index (χ3n) is 4.66. The summed E-state index contributed by atoms with van der Waals surface area (Å²) in [7, 11) is 0. The normalized spacial score (nSPS) is 16.3. The molecule has 0 radical (unpaired) electrons. The molecule has 0 bridgehead atoms. The van der Waals surface area contributed by atoms with Gasteiger partial charge in [-0.1, -0.05) is 30.5 Å². The van der Waals surface area contributed by atoms with Crippen LogP contribution in [0.4, 0.5) is 0 Å². The topological polar surface area (TPSA) is 50.9 Å². The summed E-state index contributed by atoms with van der Waals surface area (Å²) in [4.78, 5) is 0. The maximum atomic E-state index is 9.59. The molecular weight excluding hydrogens is 262 g/mol. The molecule has 112 valence electrons. The van der Waals surface area contributed by atoms with Crippen molar-refractivity contribution in [3.8, 4) is 5.69 Å². The molecule has 1 N–H and O–H groups in total. The Kier molecular flexibility index (Phi) is 4.06. The lowest BCUT2D eigenvalue weighted by molar-refractivity contribution is 0.273. The van der Waals surface area contributed by atoms with Gasteiger partial charge in [-0.25, -0.2) is 4.68 Å². The molecule has 1 saturated carbocycles. The number of aromatic nitrogens is 3. The van der Waals surface area contributed by atoms with E-state index in [-0.39, 0.29) is 6.61 Å². The first-order chi connectivity index (χ1) is 10.2. The van der Waals surface area contributed by atoms with E-state index in [2.05, 4.69) is 42.4 Å². The van der Waals surface area contributed by atoms with Gasteiger partial charge in [0, 0.05) is 5.92 Å². The molecule has 4 nitrogen and oxygen atoms in total. The van der Waals surface area contributed by atoms with Gasteiger partial charge < -0.3 is 5.11 Å². The van der Waals surface area contributed by atoms with Crippen molar-refractivity contribution >= 4 is 0 Å². The summed E-state index contributed by atoms with van der Waals surface area (Å²) in [5.41, 5.74) is 5.43. The highest BCUT2D eigenvalue weighted by Crippen LogP contribution is 2.35. The largest absolute Gasteiger partial charge is 0.390 e. The van der Waals surface area contributed by atoms with Gasteiger partial charge in [0.25, 0.3) is 0 Å². The van der Waals surface area contributed by atoms with Gasteiger partial charge in [-0.2, -0.15) is 0 Å². The van der Waals surface area contributed by atoms with Gasteiger partial charge in [-0.3, -0.25) is 0 Å². The fourth-order valence-electron chi connectivity index (χ4n) is 3.27. The summed E-state index contributed by atoms with van der Waals surface area (Å²) in [5, 5.41) is 18.1. The minimum atomic E-state index is -0.0311. The smallest absolute Gasteiger partial charge is 0.112 e. The zero-order chi connectivity index (χ0) is 14.8. The Hall–Kier alpha value is -1.68. The average molecular weight is 285 g/mol.